The molecule has 35 heavy (non-hydrogen) atoms. The molecule has 2 heteroatoms. The minimum Gasteiger partial charge on any atom is -0.355 e. The van der Waals surface area contributed by atoms with Crippen LogP contribution in [0.3, 0.4) is 0 Å². The van der Waals surface area contributed by atoms with Crippen molar-refractivity contribution in [3.63, 3.8) is 0 Å². The van der Waals surface area contributed by atoms with E-state index in [0.717, 1.165) is 0 Å². The summed E-state index contributed by atoms with van der Waals surface area (Å²) in [5.41, 5.74) is 5.17. The second kappa shape index (κ2) is 7.18. The molecule has 0 amide bonds. The van der Waals surface area contributed by atoms with Crippen LogP contribution in [0.25, 0.3) is 43.1 Å². The average molecular weight is 464 g/mol. The fraction of sp³-hybridized carbons (Fsp3) is 0.0303. The first-order chi connectivity index (χ1) is 17.3. The number of rotatable bonds is 1. The van der Waals surface area contributed by atoms with Gasteiger partial charge in [0, 0.05) is 22.2 Å². The van der Waals surface area contributed by atoms with Crippen LogP contribution in [0, 0.1) is 0 Å². The Morgan fingerprint density at radius 2 is 1.00 bits per heavy atom. The predicted molar refractivity (Wildman–Crippen MR) is 151 cm³/mol. The Bertz CT molecular complexity index is 1810. The van der Waals surface area contributed by atoms with Gasteiger partial charge in [-0.25, -0.2) is 0 Å². The second-order valence-electron chi connectivity index (χ2n) is 9.47. The first kappa shape index (κ1) is 19.2. The van der Waals surface area contributed by atoms with E-state index in [1.807, 2.05) is 11.3 Å². The van der Waals surface area contributed by atoms with E-state index in [-0.39, 0.29) is 5.92 Å². The molecule has 0 spiro atoms. The molecule has 1 aromatic heterocycles. The molecule has 0 saturated heterocycles. The molecule has 2 heterocycles. The molecule has 6 aromatic carbocycles. The van der Waals surface area contributed by atoms with Crippen LogP contribution in [0.5, 0.6) is 0 Å². The Morgan fingerprint density at radius 1 is 0.486 bits per heavy atom. The van der Waals surface area contributed by atoms with Crippen LogP contribution >= 0.6 is 11.3 Å². The van der Waals surface area contributed by atoms with Gasteiger partial charge in [0.25, 0.3) is 0 Å². The van der Waals surface area contributed by atoms with E-state index in [2.05, 4.69) is 120 Å². The summed E-state index contributed by atoms with van der Waals surface area (Å²) in [6, 6.07) is 40.3. The van der Waals surface area contributed by atoms with Gasteiger partial charge in [-0.1, -0.05) is 66.7 Å². The summed E-state index contributed by atoms with van der Waals surface area (Å²) in [7, 11) is 0. The first-order valence-electron chi connectivity index (χ1n) is 12.0. The van der Waals surface area contributed by atoms with Crippen LogP contribution in [0.15, 0.2) is 115 Å². The molecule has 0 saturated carbocycles. The van der Waals surface area contributed by atoms with E-state index in [1.54, 1.807) is 0 Å². The number of benzene rings is 6. The number of hydrogen-bond acceptors (Lipinski definition) is 2. The summed E-state index contributed by atoms with van der Waals surface area (Å²) in [4.78, 5) is 1.38. The summed E-state index contributed by atoms with van der Waals surface area (Å²) < 4.78 is 0. The number of fused-ring (bicyclic) bond motifs is 8. The maximum Gasteiger partial charge on any atom is 0.0487 e. The molecule has 1 aliphatic rings. The van der Waals surface area contributed by atoms with Gasteiger partial charge in [0.1, 0.15) is 0 Å². The lowest BCUT2D eigenvalue weighted by atomic mass is 9.79. The summed E-state index contributed by atoms with van der Waals surface area (Å²) in [6.07, 6.45) is 0. The highest BCUT2D eigenvalue weighted by molar-refractivity contribution is 7.10. The number of anilines is 2. The van der Waals surface area contributed by atoms with E-state index in [1.165, 1.54) is 70.5 Å². The fourth-order valence-electron chi connectivity index (χ4n) is 5.94. The van der Waals surface area contributed by atoms with E-state index in [4.69, 9.17) is 0 Å². The van der Waals surface area contributed by atoms with Crippen LogP contribution in [-0.2, 0) is 0 Å². The standard InChI is InChI=1S/C33H21NS/c1-3-8-22-18-26-24(16-20(22)6-1)11-13-28-31(26)33(30-10-5-15-35-30)32-27-19-23-9-4-2-7-21(23)17-25(27)12-14-29(32)34-28/h1-19,33-34H. The van der Waals surface area contributed by atoms with Crippen LogP contribution in [0.2, 0.25) is 0 Å². The maximum absolute atomic E-state index is 3.82. The molecule has 8 rings (SSSR count). The lowest BCUT2D eigenvalue weighted by molar-refractivity contribution is 1.02. The summed E-state index contributed by atoms with van der Waals surface area (Å²) in [5.74, 6) is 0.177. The number of hydrogen-bond donors (Lipinski definition) is 1. The van der Waals surface area contributed by atoms with Crippen molar-refractivity contribution in [1.29, 1.82) is 0 Å². The fourth-order valence-corrected chi connectivity index (χ4v) is 6.79. The Balaban J connectivity index is 1.51. The van der Waals surface area contributed by atoms with Gasteiger partial charge in [-0.2, -0.15) is 0 Å². The van der Waals surface area contributed by atoms with Crippen LogP contribution in [-0.4, -0.2) is 0 Å². The van der Waals surface area contributed by atoms with Gasteiger partial charge in [-0.3, -0.25) is 0 Å². The van der Waals surface area contributed by atoms with Crippen molar-refractivity contribution in [2.75, 3.05) is 5.32 Å². The molecule has 1 aliphatic heterocycles. The third-order valence-electron chi connectivity index (χ3n) is 7.53. The Labute approximate surface area is 207 Å². The molecule has 0 fully saturated rings. The second-order valence-corrected chi connectivity index (χ2v) is 10.4. The molecule has 7 aromatic rings. The van der Waals surface area contributed by atoms with E-state index < -0.39 is 0 Å². The largest absolute Gasteiger partial charge is 0.355 e. The Hall–Kier alpha value is -4.14. The van der Waals surface area contributed by atoms with Gasteiger partial charge < -0.3 is 5.32 Å². The molecule has 0 unspecified atom stereocenters. The number of thiophene rings is 1. The van der Waals surface area contributed by atoms with Crippen molar-refractivity contribution in [1.82, 2.24) is 0 Å². The third-order valence-corrected chi connectivity index (χ3v) is 8.47. The molecule has 0 aliphatic carbocycles. The maximum atomic E-state index is 3.82. The topological polar surface area (TPSA) is 12.0 Å². The highest BCUT2D eigenvalue weighted by atomic mass is 32.1. The van der Waals surface area contributed by atoms with E-state index in [0.29, 0.717) is 0 Å². The van der Waals surface area contributed by atoms with Crippen LogP contribution in [0.4, 0.5) is 11.4 Å². The van der Waals surface area contributed by atoms with E-state index in [9.17, 15) is 0 Å². The van der Waals surface area contributed by atoms with Gasteiger partial charge in [0.15, 0.2) is 0 Å². The van der Waals surface area contributed by atoms with Gasteiger partial charge in [-0.15, -0.1) is 11.3 Å². The Kier molecular flexibility index (Phi) is 3.94. The quantitative estimate of drug-likeness (QED) is 0.239. The lowest BCUT2D eigenvalue weighted by Gasteiger charge is -2.31. The first-order valence-corrected chi connectivity index (χ1v) is 12.9. The predicted octanol–water partition coefficient (Wildman–Crippen LogP) is 9.60. The van der Waals surface area contributed by atoms with Crippen LogP contribution < -0.4 is 5.32 Å². The van der Waals surface area contributed by atoms with Crippen molar-refractivity contribution in [2.24, 2.45) is 0 Å². The molecule has 164 valence electrons. The molecule has 1 nitrogen and oxygen atoms in total. The zero-order chi connectivity index (χ0) is 22.9. The lowest BCUT2D eigenvalue weighted by Crippen LogP contribution is -2.14. The summed E-state index contributed by atoms with van der Waals surface area (Å²) in [5, 5.41) is 16.4. The monoisotopic (exact) mass is 463 g/mol. The number of nitrogens with one attached hydrogen (secondary N) is 1. The molecular formula is C33H21NS. The van der Waals surface area contributed by atoms with Gasteiger partial charge in [0.2, 0.25) is 0 Å². The highest BCUT2D eigenvalue weighted by Gasteiger charge is 2.31. The summed E-state index contributed by atoms with van der Waals surface area (Å²) in [6.45, 7) is 0. The van der Waals surface area contributed by atoms with E-state index >= 15 is 0 Å². The van der Waals surface area contributed by atoms with Crippen molar-refractivity contribution in [3.8, 4) is 0 Å². The smallest absolute Gasteiger partial charge is 0.0487 e. The van der Waals surface area contributed by atoms with Crippen molar-refractivity contribution in [2.45, 2.75) is 5.92 Å². The normalized spacial score (nSPS) is 13.3. The van der Waals surface area contributed by atoms with Crippen molar-refractivity contribution < 1.29 is 0 Å². The van der Waals surface area contributed by atoms with Gasteiger partial charge in [0.05, 0.1) is 0 Å². The van der Waals surface area contributed by atoms with Crippen molar-refractivity contribution in [3.05, 3.63) is 131 Å². The Morgan fingerprint density at radius 3 is 1.49 bits per heavy atom. The minimum absolute atomic E-state index is 0.177. The molecule has 0 bridgehead atoms. The molecule has 1 N–H and O–H groups in total. The van der Waals surface area contributed by atoms with Gasteiger partial charge >= 0.3 is 0 Å². The minimum atomic E-state index is 0.177. The molecule has 0 radical (unpaired) electrons. The third kappa shape index (κ3) is 2.81. The highest BCUT2D eigenvalue weighted by Crippen LogP contribution is 2.51. The summed E-state index contributed by atoms with van der Waals surface area (Å²) >= 11 is 1.85. The van der Waals surface area contributed by atoms with Crippen LogP contribution in [0.1, 0.15) is 21.9 Å². The SMILES string of the molecule is c1csc(C2c3c(ccc4cc5ccccc5cc34)Nc3ccc4cc5ccccc5cc4c32)c1. The molecular weight excluding hydrogens is 442 g/mol. The zero-order valence-corrected chi connectivity index (χ0v) is 19.8. The van der Waals surface area contributed by atoms with Gasteiger partial charge in [-0.05, 0) is 102 Å². The van der Waals surface area contributed by atoms with Crippen molar-refractivity contribution >= 4 is 65.8 Å². The zero-order valence-electron chi connectivity index (χ0n) is 19.0. The average Bonchev–Trinajstić information content (AvgIpc) is 3.44. The molecule has 0 atom stereocenters.